The van der Waals surface area contributed by atoms with Crippen LogP contribution in [0.15, 0.2) is 42.0 Å². The molecule has 4 rings (SSSR count). The summed E-state index contributed by atoms with van der Waals surface area (Å²) in [5.74, 6) is 0.245. The van der Waals surface area contributed by atoms with E-state index in [2.05, 4.69) is 20.5 Å². The van der Waals surface area contributed by atoms with Crippen LogP contribution in [0.25, 0.3) is 16.8 Å². The summed E-state index contributed by atoms with van der Waals surface area (Å²) in [5.41, 5.74) is 2.16. The van der Waals surface area contributed by atoms with E-state index in [1.165, 1.54) is 31.0 Å². The molecule has 0 atom stereocenters. The fourth-order valence-corrected chi connectivity index (χ4v) is 4.43. The van der Waals surface area contributed by atoms with Gasteiger partial charge in [-0.25, -0.2) is 9.37 Å². The number of pyridine rings is 1. The number of rotatable bonds is 8. The molecule has 1 aromatic carbocycles. The number of carbonyl (C=O) groups is 1. The maximum atomic E-state index is 14.6. The van der Waals surface area contributed by atoms with Crippen molar-refractivity contribution in [1.82, 2.24) is 15.2 Å². The molecule has 0 aliphatic carbocycles. The van der Waals surface area contributed by atoms with Gasteiger partial charge in [0.15, 0.2) is 11.6 Å². The Morgan fingerprint density at radius 1 is 1.34 bits per heavy atom. The summed E-state index contributed by atoms with van der Waals surface area (Å²) >= 11 is 6.12. The lowest BCUT2D eigenvalue weighted by atomic mass is 9.99. The third kappa shape index (κ3) is 5.89. The summed E-state index contributed by atoms with van der Waals surface area (Å²) in [6.07, 6.45) is 6.90. The van der Waals surface area contributed by atoms with Crippen LogP contribution in [0.1, 0.15) is 25.3 Å². The minimum absolute atomic E-state index is 0.212. The van der Waals surface area contributed by atoms with Gasteiger partial charge in [-0.2, -0.15) is 0 Å². The van der Waals surface area contributed by atoms with Crippen molar-refractivity contribution in [3.63, 3.8) is 0 Å². The highest BCUT2D eigenvalue weighted by Gasteiger charge is 2.22. The maximum Gasteiger partial charge on any atom is 0.252 e. The van der Waals surface area contributed by atoms with Crippen molar-refractivity contribution in [1.29, 1.82) is 5.41 Å². The number of amides is 1. The Kier molecular flexibility index (Phi) is 8.15. The Morgan fingerprint density at radius 3 is 2.89 bits per heavy atom. The topological polar surface area (TPSA) is 90.3 Å². The molecule has 184 valence electrons. The van der Waals surface area contributed by atoms with Crippen LogP contribution in [0.4, 0.5) is 10.2 Å². The standard InChI is InChI=1S/C26H29ClFN5O2/c1-2-17(13-18(16-29)26(34)31-7-11-33-9-3-4-10-33)20-15-23(21-14-19(27)5-6-22(21)28)32-25-24(20)35-12-8-30-25/h2,5-6,13-16,29H,3-4,7-12H2,1H3,(H,30,32)(H,31,34)/b17-2+,18-13+,29-16?. The van der Waals surface area contributed by atoms with Gasteiger partial charge in [0.05, 0.1) is 17.8 Å². The number of likely N-dealkylation sites (tertiary alicyclic amines) is 1. The van der Waals surface area contributed by atoms with Gasteiger partial charge in [-0.05, 0) is 68.8 Å². The second-order valence-corrected chi connectivity index (χ2v) is 8.86. The van der Waals surface area contributed by atoms with E-state index < -0.39 is 5.82 Å². The van der Waals surface area contributed by atoms with Crippen molar-refractivity contribution in [2.75, 3.05) is 44.6 Å². The van der Waals surface area contributed by atoms with Crippen LogP contribution in [-0.2, 0) is 4.79 Å². The van der Waals surface area contributed by atoms with E-state index in [0.717, 1.165) is 25.8 Å². The number of fused-ring (bicyclic) bond motifs is 1. The Morgan fingerprint density at radius 2 is 2.14 bits per heavy atom. The molecule has 2 aliphatic heterocycles. The number of nitrogens with one attached hydrogen (secondary N) is 3. The number of nitrogens with zero attached hydrogens (tertiary/aromatic N) is 2. The molecule has 1 aromatic heterocycles. The van der Waals surface area contributed by atoms with Gasteiger partial charge in [-0.3, -0.25) is 4.79 Å². The first-order valence-electron chi connectivity index (χ1n) is 11.8. The zero-order chi connectivity index (χ0) is 24.8. The lowest BCUT2D eigenvalue weighted by molar-refractivity contribution is -0.117. The van der Waals surface area contributed by atoms with Gasteiger partial charge in [0.1, 0.15) is 12.4 Å². The third-order valence-corrected chi connectivity index (χ3v) is 6.32. The normalized spacial score (nSPS) is 16.3. The summed E-state index contributed by atoms with van der Waals surface area (Å²) in [7, 11) is 0. The molecule has 0 unspecified atom stereocenters. The molecule has 0 saturated carbocycles. The number of halogens is 2. The molecule has 0 bridgehead atoms. The number of hydrogen-bond acceptors (Lipinski definition) is 6. The van der Waals surface area contributed by atoms with Crippen molar-refractivity contribution in [2.24, 2.45) is 0 Å². The Hall–Kier alpha value is -3.23. The Labute approximate surface area is 209 Å². The van der Waals surface area contributed by atoms with Gasteiger partial charge < -0.3 is 25.7 Å². The van der Waals surface area contributed by atoms with Crippen LogP contribution in [0, 0.1) is 11.2 Å². The van der Waals surface area contributed by atoms with Crippen LogP contribution in [0.5, 0.6) is 5.75 Å². The summed E-state index contributed by atoms with van der Waals surface area (Å²) < 4.78 is 20.5. The van der Waals surface area contributed by atoms with E-state index in [-0.39, 0.29) is 17.0 Å². The Bertz CT molecular complexity index is 1170. The molecule has 3 heterocycles. The molecule has 7 nitrogen and oxygen atoms in total. The van der Waals surface area contributed by atoms with Gasteiger partial charge >= 0.3 is 0 Å². The zero-order valence-electron chi connectivity index (χ0n) is 19.7. The van der Waals surface area contributed by atoms with Crippen molar-refractivity contribution < 1.29 is 13.9 Å². The van der Waals surface area contributed by atoms with Gasteiger partial charge in [-0.1, -0.05) is 17.7 Å². The molecule has 3 N–H and O–H groups in total. The number of hydrogen-bond donors (Lipinski definition) is 3. The minimum atomic E-state index is -0.445. The number of aromatic nitrogens is 1. The molecule has 9 heteroatoms. The third-order valence-electron chi connectivity index (χ3n) is 6.08. The fraction of sp³-hybridized carbons (Fsp3) is 0.346. The summed E-state index contributed by atoms with van der Waals surface area (Å²) in [6.45, 7) is 6.27. The number of benzene rings is 1. The van der Waals surface area contributed by atoms with Crippen LogP contribution < -0.4 is 15.4 Å². The van der Waals surface area contributed by atoms with E-state index in [0.29, 0.717) is 53.1 Å². The number of carbonyl (C=O) groups excluding carboxylic acids is 1. The molecule has 1 fully saturated rings. The van der Waals surface area contributed by atoms with E-state index in [1.54, 1.807) is 12.1 Å². The van der Waals surface area contributed by atoms with Crippen molar-refractivity contribution >= 4 is 35.1 Å². The summed E-state index contributed by atoms with van der Waals surface area (Å²) in [6, 6.07) is 6.04. The predicted octanol–water partition coefficient (Wildman–Crippen LogP) is 4.54. The lowest BCUT2D eigenvalue weighted by Crippen LogP contribution is -2.34. The highest BCUT2D eigenvalue weighted by Crippen LogP contribution is 2.39. The first-order chi connectivity index (χ1) is 17.0. The number of ether oxygens (including phenoxy) is 1. The molecule has 35 heavy (non-hydrogen) atoms. The maximum absolute atomic E-state index is 14.6. The van der Waals surface area contributed by atoms with Crippen LogP contribution in [-0.4, -0.2) is 61.3 Å². The van der Waals surface area contributed by atoms with E-state index in [4.69, 9.17) is 21.7 Å². The average molecular weight is 498 g/mol. The number of allylic oxidation sites excluding steroid dienone is 3. The molecule has 2 aliphatic rings. The molecule has 0 radical (unpaired) electrons. The highest BCUT2D eigenvalue weighted by molar-refractivity contribution is 6.30. The monoisotopic (exact) mass is 497 g/mol. The van der Waals surface area contributed by atoms with Crippen LogP contribution >= 0.6 is 11.6 Å². The first-order valence-corrected chi connectivity index (χ1v) is 12.1. The van der Waals surface area contributed by atoms with Crippen molar-refractivity contribution in [3.05, 3.63) is 58.4 Å². The van der Waals surface area contributed by atoms with E-state index >= 15 is 0 Å². The molecule has 0 spiro atoms. The van der Waals surface area contributed by atoms with E-state index in [9.17, 15) is 9.18 Å². The summed E-state index contributed by atoms with van der Waals surface area (Å²) in [5, 5.41) is 14.3. The second kappa shape index (κ2) is 11.5. The zero-order valence-corrected chi connectivity index (χ0v) is 20.4. The van der Waals surface area contributed by atoms with E-state index in [1.807, 2.05) is 13.0 Å². The van der Waals surface area contributed by atoms with Crippen LogP contribution in [0.2, 0.25) is 5.02 Å². The van der Waals surface area contributed by atoms with Crippen molar-refractivity contribution in [3.8, 4) is 17.0 Å². The lowest BCUT2D eigenvalue weighted by Gasteiger charge is -2.23. The number of anilines is 1. The van der Waals surface area contributed by atoms with Gasteiger partial charge in [0.25, 0.3) is 5.91 Å². The van der Waals surface area contributed by atoms with Gasteiger partial charge in [0.2, 0.25) is 0 Å². The first kappa shape index (κ1) is 24.9. The molecule has 1 saturated heterocycles. The largest absolute Gasteiger partial charge is 0.487 e. The fourth-order valence-electron chi connectivity index (χ4n) is 4.26. The minimum Gasteiger partial charge on any atom is -0.487 e. The van der Waals surface area contributed by atoms with Gasteiger partial charge in [-0.15, -0.1) is 0 Å². The molecule has 1 amide bonds. The van der Waals surface area contributed by atoms with Crippen molar-refractivity contribution in [2.45, 2.75) is 19.8 Å². The SMILES string of the molecule is C/C=C(\C=C(/C=N)C(=O)NCCN1CCCC1)c1cc(-c2cc(Cl)ccc2F)nc2c1OCCN2. The highest BCUT2D eigenvalue weighted by atomic mass is 35.5. The quantitative estimate of drug-likeness (QED) is 0.283. The van der Waals surface area contributed by atoms with Gasteiger partial charge in [0, 0.05) is 35.5 Å². The summed E-state index contributed by atoms with van der Waals surface area (Å²) in [4.78, 5) is 19.7. The Balaban J connectivity index is 1.65. The smallest absolute Gasteiger partial charge is 0.252 e. The van der Waals surface area contributed by atoms with Crippen LogP contribution in [0.3, 0.4) is 0 Å². The predicted molar refractivity (Wildman–Crippen MR) is 138 cm³/mol. The average Bonchev–Trinajstić information content (AvgIpc) is 3.39. The molecular weight excluding hydrogens is 469 g/mol. The molecule has 2 aromatic rings. The second-order valence-electron chi connectivity index (χ2n) is 8.42. The molecular formula is C26H29ClFN5O2.